The number of methoxy groups -OCH3 is 1. The van der Waals surface area contributed by atoms with Gasteiger partial charge in [0.05, 0.1) is 18.3 Å². The molecule has 3 aromatic rings. The van der Waals surface area contributed by atoms with E-state index in [2.05, 4.69) is 26.0 Å². The van der Waals surface area contributed by atoms with Crippen LogP contribution in [0, 0.1) is 0 Å². The number of nitrogens with zero attached hydrogens (tertiary/aromatic N) is 4. The number of alkyl halides is 1. The van der Waals surface area contributed by atoms with E-state index in [9.17, 15) is 14.0 Å². The lowest BCUT2D eigenvalue weighted by atomic mass is 9.89. The lowest BCUT2D eigenvalue weighted by Crippen LogP contribution is -2.51. The minimum absolute atomic E-state index is 0.0115. The van der Waals surface area contributed by atoms with Crippen molar-refractivity contribution in [2.45, 2.75) is 50.0 Å². The van der Waals surface area contributed by atoms with Crippen LogP contribution in [0.4, 0.5) is 21.7 Å². The molecule has 0 spiro atoms. The number of nitrogens with one attached hydrogen (secondary N) is 3. The SMILES string of the molecule is CNc1cc(Nc2cccn(C3CC(F)C3)c2=O)nc2c(C(=O)N[C@@H]3CC[C@H]3OC)cnn12. The topological polar surface area (TPSA) is 115 Å². The molecule has 0 bridgehead atoms. The van der Waals surface area contributed by atoms with E-state index >= 15 is 0 Å². The Morgan fingerprint density at radius 3 is 2.79 bits per heavy atom. The Morgan fingerprint density at radius 1 is 1.30 bits per heavy atom. The van der Waals surface area contributed by atoms with Crippen molar-refractivity contribution in [2.75, 3.05) is 24.8 Å². The monoisotopic (exact) mass is 455 g/mol. The molecule has 2 aliphatic rings. The number of ether oxygens (including phenoxy) is 1. The molecule has 2 atom stereocenters. The van der Waals surface area contributed by atoms with Crippen LogP contribution in [-0.2, 0) is 4.74 Å². The van der Waals surface area contributed by atoms with E-state index in [4.69, 9.17) is 4.74 Å². The second kappa shape index (κ2) is 8.47. The fraction of sp³-hybridized carbons (Fsp3) is 0.455. The number of aromatic nitrogens is 4. The minimum Gasteiger partial charge on any atom is -0.379 e. The van der Waals surface area contributed by atoms with Gasteiger partial charge in [0.25, 0.3) is 11.5 Å². The predicted octanol–water partition coefficient (Wildman–Crippen LogP) is 2.26. The molecule has 10 nitrogen and oxygen atoms in total. The van der Waals surface area contributed by atoms with Gasteiger partial charge in [-0.3, -0.25) is 9.59 Å². The number of fused-ring (bicyclic) bond motifs is 1. The molecule has 0 radical (unpaired) electrons. The molecule has 3 heterocycles. The van der Waals surface area contributed by atoms with Gasteiger partial charge in [-0.15, -0.1) is 0 Å². The molecule has 11 heteroatoms. The highest BCUT2D eigenvalue weighted by atomic mass is 19.1. The zero-order chi connectivity index (χ0) is 23.1. The van der Waals surface area contributed by atoms with Crippen LogP contribution >= 0.6 is 0 Å². The summed E-state index contributed by atoms with van der Waals surface area (Å²) < 4.78 is 21.7. The van der Waals surface area contributed by atoms with Crippen molar-refractivity contribution < 1.29 is 13.9 Å². The third-order valence-corrected chi connectivity index (χ3v) is 6.49. The number of carbonyl (C=O) groups excluding carboxylic acids is 1. The third kappa shape index (κ3) is 3.82. The van der Waals surface area contributed by atoms with E-state index in [1.54, 1.807) is 43.1 Å². The first-order valence-electron chi connectivity index (χ1n) is 11.0. The van der Waals surface area contributed by atoms with Crippen molar-refractivity contribution in [3.05, 3.63) is 46.5 Å². The molecule has 0 unspecified atom stereocenters. The van der Waals surface area contributed by atoms with Gasteiger partial charge in [-0.25, -0.2) is 9.37 Å². The standard InChI is InChI=1S/C22H26FN7O3/c1-24-19-10-18(26-16-4-3-7-29(22(16)32)13-8-12(23)9-13)28-20-14(11-25-30(19)20)21(31)27-15-5-6-17(15)33-2/h3-4,7,10-13,15,17,24H,5-6,8-9H2,1-2H3,(H,26,28)(H,27,31)/t12?,13?,15-,17-/m1/s1. The van der Waals surface area contributed by atoms with Gasteiger partial charge in [-0.05, 0) is 37.8 Å². The van der Waals surface area contributed by atoms with Crippen LogP contribution in [0.3, 0.4) is 0 Å². The molecule has 0 saturated heterocycles. The van der Waals surface area contributed by atoms with Crippen LogP contribution in [-0.4, -0.2) is 57.5 Å². The molecule has 2 fully saturated rings. The largest absolute Gasteiger partial charge is 0.379 e. The first-order valence-corrected chi connectivity index (χ1v) is 11.0. The van der Waals surface area contributed by atoms with E-state index in [-0.39, 0.29) is 29.7 Å². The predicted molar refractivity (Wildman–Crippen MR) is 121 cm³/mol. The van der Waals surface area contributed by atoms with Crippen molar-refractivity contribution in [1.82, 2.24) is 24.5 Å². The maximum atomic E-state index is 13.3. The molecule has 5 rings (SSSR count). The first kappa shape index (κ1) is 21.4. The highest BCUT2D eigenvalue weighted by Gasteiger charge is 2.33. The Balaban J connectivity index is 1.45. The van der Waals surface area contributed by atoms with Gasteiger partial charge >= 0.3 is 0 Å². The Hall–Kier alpha value is -3.47. The van der Waals surface area contributed by atoms with Gasteiger partial charge < -0.3 is 25.3 Å². The highest BCUT2D eigenvalue weighted by molar-refractivity contribution is 6.00. The van der Waals surface area contributed by atoms with E-state index in [1.165, 1.54) is 10.7 Å². The average molecular weight is 455 g/mol. The number of hydrogen-bond acceptors (Lipinski definition) is 7. The molecule has 174 valence electrons. The quantitative estimate of drug-likeness (QED) is 0.501. The van der Waals surface area contributed by atoms with Gasteiger partial charge in [-0.2, -0.15) is 9.61 Å². The number of pyridine rings is 1. The van der Waals surface area contributed by atoms with Crippen molar-refractivity contribution >= 4 is 28.9 Å². The van der Waals surface area contributed by atoms with Crippen LogP contribution in [0.15, 0.2) is 35.4 Å². The lowest BCUT2D eigenvalue weighted by Gasteiger charge is -2.35. The molecular weight excluding hydrogens is 429 g/mol. The molecule has 0 aliphatic heterocycles. The number of anilines is 3. The summed E-state index contributed by atoms with van der Waals surface area (Å²) >= 11 is 0. The van der Waals surface area contributed by atoms with Crippen molar-refractivity contribution in [2.24, 2.45) is 0 Å². The summed E-state index contributed by atoms with van der Waals surface area (Å²) in [5.41, 5.74) is 0.752. The Morgan fingerprint density at radius 2 is 2.12 bits per heavy atom. The molecule has 2 aliphatic carbocycles. The van der Waals surface area contributed by atoms with Crippen LogP contribution in [0.5, 0.6) is 0 Å². The van der Waals surface area contributed by atoms with Crippen LogP contribution < -0.4 is 21.5 Å². The average Bonchev–Trinajstić information content (AvgIpc) is 3.20. The van der Waals surface area contributed by atoms with Crippen LogP contribution in [0.2, 0.25) is 0 Å². The van der Waals surface area contributed by atoms with E-state index in [0.717, 1.165) is 12.8 Å². The van der Waals surface area contributed by atoms with Crippen molar-refractivity contribution in [3.63, 3.8) is 0 Å². The van der Waals surface area contributed by atoms with Crippen LogP contribution in [0.1, 0.15) is 42.1 Å². The van der Waals surface area contributed by atoms with E-state index < -0.39 is 6.17 Å². The fourth-order valence-corrected chi connectivity index (χ4v) is 4.31. The smallest absolute Gasteiger partial charge is 0.274 e. The lowest BCUT2D eigenvalue weighted by molar-refractivity contribution is 0.00732. The van der Waals surface area contributed by atoms with Gasteiger partial charge in [0, 0.05) is 32.5 Å². The number of amides is 1. The summed E-state index contributed by atoms with van der Waals surface area (Å²) in [7, 11) is 3.37. The van der Waals surface area contributed by atoms with Crippen molar-refractivity contribution in [1.29, 1.82) is 0 Å². The summed E-state index contributed by atoms with van der Waals surface area (Å²) in [6.45, 7) is 0. The molecule has 33 heavy (non-hydrogen) atoms. The van der Waals surface area contributed by atoms with Gasteiger partial charge in [0.15, 0.2) is 5.65 Å². The number of hydrogen-bond donors (Lipinski definition) is 3. The van der Waals surface area contributed by atoms with E-state index in [0.29, 0.717) is 41.4 Å². The highest BCUT2D eigenvalue weighted by Crippen LogP contribution is 2.33. The molecule has 2 saturated carbocycles. The first-order chi connectivity index (χ1) is 16.0. The van der Waals surface area contributed by atoms with Crippen molar-refractivity contribution in [3.8, 4) is 0 Å². The third-order valence-electron chi connectivity index (χ3n) is 6.49. The number of halogens is 1. The van der Waals surface area contributed by atoms with Gasteiger partial charge in [-0.1, -0.05) is 0 Å². The molecular formula is C22H26FN7O3. The summed E-state index contributed by atoms with van der Waals surface area (Å²) in [5, 5.41) is 13.4. The van der Waals surface area contributed by atoms with Crippen LogP contribution in [0.25, 0.3) is 5.65 Å². The van der Waals surface area contributed by atoms with E-state index in [1.807, 2.05) is 0 Å². The number of rotatable bonds is 7. The molecule has 3 aromatic heterocycles. The zero-order valence-electron chi connectivity index (χ0n) is 18.4. The molecule has 1 amide bonds. The Labute approximate surface area is 189 Å². The Bertz CT molecular complexity index is 1250. The number of carbonyl (C=O) groups is 1. The Kier molecular flexibility index (Phi) is 5.49. The normalized spacial score (nSPS) is 24.1. The molecule has 3 N–H and O–H groups in total. The van der Waals surface area contributed by atoms with Gasteiger partial charge in [0.2, 0.25) is 0 Å². The summed E-state index contributed by atoms with van der Waals surface area (Å²) in [6.07, 6.45) is 4.76. The maximum absolute atomic E-state index is 13.3. The summed E-state index contributed by atoms with van der Waals surface area (Å²) in [5.74, 6) is 0.693. The zero-order valence-corrected chi connectivity index (χ0v) is 18.4. The minimum atomic E-state index is -0.855. The maximum Gasteiger partial charge on any atom is 0.274 e. The second-order valence-corrected chi connectivity index (χ2v) is 8.48. The fourth-order valence-electron chi connectivity index (χ4n) is 4.31. The van der Waals surface area contributed by atoms with Gasteiger partial charge in [0.1, 0.15) is 29.1 Å². The molecule has 0 aromatic carbocycles. The summed E-state index contributed by atoms with van der Waals surface area (Å²) in [6, 6.07) is 4.92. The summed E-state index contributed by atoms with van der Waals surface area (Å²) in [4.78, 5) is 30.4. The second-order valence-electron chi connectivity index (χ2n) is 8.48.